The number of nitrogens with one attached hydrogen (secondary N) is 1. The highest BCUT2D eigenvalue weighted by Crippen LogP contribution is 2.43. The zero-order chi connectivity index (χ0) is 31.0. The number of likely N-dealkylation sites (tertiary alicyclic amines) is 1. The van der Waals surface area contributed by atoms with E-state index in [0.717, 1.165) is 50.3 Å². The highest BCUT2D eigenvalue weighted by Gasteiger charge is 2.42. The van der Waals surface area contributed by atoms with Gasteiger partial charge in [0, 0.05) is 47.5 Å². The van der Waals surface area contributed by atoms with Gasteiger partial charge >= 0.3 is 0 Å². The van der Waals surface area contributed by atoms with E-state index in [2.05, 4.69) is 29.3 Å². The maximum absolute atomic E-state index is 14.3. The monoisotopic (exact) mass is 676 g/mol. The molecule has 5 nitrogen and oxygen atoms in total. The summed E-state index contributed by atoms with van der Waals surface area (Å²) >= 11 is 12.0. The van der Waals surface area contributed by atoms with Crippen molar-refractivity contribution in [2.24, 2.45) is 11.8 Å². The van der Waals surface area contributed by atoms with Gasteiger partial charge < -0.3 is 19.3 Å². The third kappa shape index (κ3) is 6.62. The molecule has 2 saturated heterocycles. The van der Waals surface area contributed by atoms with Gasteiger partial charge in [0.05, 0.1) is 28.2 Å². The van der Waals surface area contributed by atoms with Gasteiger partial charge in [-0.15, -0.1) is 12.4 Å². The number of aliphatic hydroxyl groups is 1. The van der Waals surface area contributed by atoms with Crippen molar-refractivity contribution in [3.05, 3.63) is 105 Å². The fraction of sp³-hybridized carbons (Fsp3) is 0.371. The van der Waals surface area contributed by atoms with E-state index in [0.29, 0.717) is 40.2 Å². The van der Waals surface area contributed by atoms with Crippen LogP contribution in [0.5, 0.6) is 0 Å². The topological polar surface area (TPSA) is 61.8 Å². The summed E-state index contributed by atoms with van der Waals surface area (Å²) in [6, 6.07) is 16.5. The average molecular weight is 678 g/mol. The minimum atomic E-state index is -1.14. The van der Waals surface area contributed by atoms with Crippen LogP contribution in [0.15, 0.2) is 76.0 Å². The van der Waals surface area contributed by atoms with Crippen LogP contribution in [0.25, 0.3) is 21.9 Å². The number of hydrogen-bond acceptors (Lipinski definition) is 5. The van der Waals surface area contributed by atoms with Crippen LogP contribution in [-0.2, 0) is 12.1 Å². The Kier molecular flexibility index (Phi) is 10.5. The molecule has 0 bridgehead atoms. The number of halogens is 5. The Bertz CT molecular complexity index is 1760. The molecule has 0 saturated carbocycles. The van der Waals surface area contributed by atoms with E-state index < -0.39 is 11.4 Å². The van der Waals surface area contributed by atoms with Crippen molar-refractivity contribution in [1.82, 2.24) is 10.2 Å². The Morgan fingerprint density at radius 1 is 0.956 bits per heavy atom. The van der Waals surface area contributed by atoms with E-state index in [9.17, 15) is 13.9 Å². The van der Waals surface area contributed by atoms with Gasteiger partial charge in [-0.2, -0.15) is 0 Å². The number of benzene rings is 3. The van der Waals surface area contributed by atoms with Crippen LogP contribution < -0.4 is 5.32 Å². The predicted molar refractivity (Wildman–Crippen MR) is 178 cm³/mol. The normalized spacial score (nSPS) is 23.8. The largest absolute Gasteiger partial charge is 0.464 e. The summed E-state index contributed by atoms with van der Waals surface area (Å²) in [4.78, 5) is 2.32. The van der Waals surface area contributed by atoms with Gasteiger partial charge in [-0.3, -0.25) is 4.90 Å². The second-order valence-corrected chi connectivity index (χ2v) is 12.9. The molecule has 0 aliphatic carbocycles. The van der Waals surface area contributed by atoms with Crippen LogP contribution in [0.1, 0.15) is 49.3 Å². The molecule has 2 aliphatic heterocycles. The summed E-state index contributed by atoms with van der Waals surface area (Å²) in [5, 5.41) is 16.2. The number of fused-ring (bicyclic) bond motifs is 2. The first kappa shape index (κ1) is 33.7. The van der Waals surface area contributed by atoms with Gasteiger partial charge in [-0.1, -0.05) is 67.4 Å². The molecule has 0 radical (unpaired) electrons. The molecular formula is C35H37Cl3F2N2O3. The third-order valence-electron chi connectivity index (χ3n) is 9.34. The lowest BCUT2D eigenvalue weighted by Gasteiger charge is -2.43. The lowest BCUT2D eigenvalue weighted by Crippen LogP contribution is -2.48. The Labute approximate surface area is 277 Å². The van der Waals surface area contributed by atoms with E-state index in [1.54, 1.807) is 24.5 Å². The minimum Gasteiger partial charge on any atom is -0.464 e. The van der Waals surface area contributed by atoms with Crippen molar-refractivity contribution in [3.8, 4) is 0 Å². The van der Waals surface area contributed by atoms with Gasteiger partial charge in [-0.25, -0.2) is 8.78 Å². The van der Waals surface area contributed by atoms with Crippen LogP contribution in [0.3, 0.4) is 0 Å². The molecule has 0 spiro atoms. The molecular weight excluding hydrogens is 641 g/mol. The van der Waals surface area contributed by atoms with Crippen molar-refractivity contribution in [2.75, 3.05) is 26.2 Å². The molecule has 3 aromatic carbocycles. The van der Waals surface area contributed by atoms with Crippen LogP contribution in [0, 0.1) is 23.5 Å². The fourth-order valence-electron chi connectivity index (χ4n) is 6.84. The molecule has 0 amide bonds. The second kappa shape index (κ2) is 14.0. The zero-order valence-electron chi connectivity index (χ0n) is 25.2. The van der Waals surface area contributed by atoms with Gasteiger partial charge in [0.25, 0.3) is 0 Å². The summed E-state index contributed by atoms with van der Waals surface area (Å²) in [7, 11) is 0. The predicted octanol–water partition coefficient (Wildman–Crippen LogP) is 9.31. The first-order valence-electron chi connectivity index (χ1n) is 15.1. The zero-order valence-corrected chi connectivity index (χ0v) is 27.5. The van der Waals surface area contributed by atoms with Crippen LogP contribution in [0.4, 0.5) is 8.78 Å². The summed E-state index contributed by atoms with van der Waals surface area (Å²) in [5.41, 5.74) is 2.75. The van der Waals surface area contributed by atoms with Gasteiger partial charge in [0.1, 0.15) is 22.8 Å². The highest BCUT2D eigenvalue weighted by atomic mass is 35.5. The summed E-state index contributed by atoms with van der Waals surface area (Å²) in [6.45, 7) is 8.38. The van der Waals surface area contributed by atoms with Gasteiger partial charge in [0.2, 0.25) is 0 Å². The standard InChI is InChI=1S/C21H21ClFNO2.C14H15ClFNO.ClH/c1-14-12-24(13-15-5-3-2-4-6-15)9-8-21(14,25)17-11-18(23)19(22)16-7-10-26-20(16)17;1-8-7-17-4-2-9(8)11-6-12(16)13(15)10-3-5-18-14(10)11;/h2-7,10-11,14,25H,8-9,12-13H2,1H3;3,5-6,8-9,17H,2,4,7H2,1H3;1H/t;8-,9+;/m.1./s1. The van der Waals surface area contributed by atoms with Crippen molar-refractivity contribution in [3.63, 3.8) is 0 Å². The number of rotatable bonds is 4. The minimum absolute atomic E-state index is 0. The van der Waals surface area contributed by atoms with Crippen LogP contribution in [-0.4, -0.2) is 36.2 Å². The van der Waals surface area contributed by atoms with E-state index in [-0.39, 0.29) is 34.2 Å². The fourth-order valence-corrected chi connectivity index (χ4v) is 7.24. The number of furan rings is 2. The number of piperidine rings is 2. The lowest BCUT2D eigenvalue weighted by atomic mass is 9.76. The van der Waals surface area contributed by atoms with Crippen molar-refractivity contribution >= 4 is 57.5 Å². The average Bonchev–Trinajstić information content (AvgIpc) is 3.71. The molecule has 4 heterocycles. The molecule has 2 aliphatic rings. The molecule has 2 aromatic heterocycles. The number of hydrogen-bond donors (Lipinski definition) is 2. The molecule has 5 aromatic rings. The van der Waals surface area contributed by atoms with Crippen molar-refractivity contribution in [1.29, 1.82) is 0 Å². The summed E-state index contributed by atoms with van der Waals surface area (Å²) < 4.78 is 39.3. The maximum Gasteiger partial charge on any atom is 0.143 e. The Morgan fingerprint density at radius 2 is 1.60 bits per heavy atom. The highest BCUT2D eigenvalue weighted by molar-refractivity contribution is 6.36. The van der Waals surface area contributed by atoms with E-state index in [1.807, 2.05) is 25.1 Å². The summed E-state index contributed by atoms with van der Waals surface area (Å²) in [6.07, 6.45) is 4.57. The maximum atomic E-state index is 14.3. The van der Waals surface area contributed by atoms with Crippen LogP contribution >= 0.6 is 35.6 Å². The van der Waals surface area contributed by atoms with Gasteiger partial charge in [0.15, 0.2) is 0 Å². The lowest BCUT2D eigenvalue weighted by molar-refractivity contribution is -0.0724. The molecule has 45 heavy (non-hydrogen) atoms. The number of nitrogens with zero attached hydrogens (tertiary/aromatic N) is 1. The first-order chi connectivity index (χ1) is 21.2. The van der Waals surface area contributed by atoms with Crippen LogP contribution in [0.2, 0.25) is 10.0 Å². The van der Waals surface area contributed by atoms with E-state index >= 15 is 0 Å². The molecule has 2 N–H and O–H groups in total. The first-order valence-corrected chi connectivity index (χ1v) is 15.8. The Hall–Kier alpha value is -2.65. The molecule has 10 heteroatoms. The molecule has 2 fully saturated rings. The molecule has 2 unspecified atom stereocenters. The van der Waals surface area contributed by atoms with E-state index in [4.69, 9.17) is 32.0 Å². The van der Waals surface area contributed by atoms with Crippen molar-refractivity contribution < 1.29 is 22.7 Å². The van der Waals surface area contributed by atoms with E-state index in [1.165, 1.54) is 17.9 Å². The smallest absolute Gasteiger partial charge is 0.143 e. The Balaban J connectivity index is 0.000000185. The molecule has 240 valence electrons. The molecule has 4 atom stereocenters. The Morgan fingerprint density at radius 3 is 2.27 bits per heavy atom. The SMILES string of the molecule is CC1CN(Cc2ccccc2)CCC1(O)c1cc(F)c(Cl)c2ccoc12.C[C@@H]1CNCC[C@@H]1c1cc(F)c(Cl)c2ccoc12.Cl. The second-order valence-electron chi connectivity index (χ2n) is 12.2. The van der Waals surface area contributed by atoms with Gasteiger partial charge in [-0.05, 0) is 67.6 Å². The van der Waals surface area contributed by atoms with Crippen molar-refractivity contribution in [2.45, 2.75) is 44.8 Å². The molecule has 7 rings (SSSR count). The summed E-state index contributed by atoms with van der Waals surface area (Å²) in [5.74, 6) is -0.165. The quantitative estimate of drug-likeness (QED) is 0.199. The third-order valence-corrected chi connectivity index (χ3v) is 10.1.